The molecule has 0 aliphatic heterocycles. The number of halogens is 1. The summed E-state index contributed by atoms with van der Waals surface area (Å²) >= 11 is 0. The number of ether oxygens (including phenoxy) is 1. The van der Waals surface area contributed by atoms with Crippen LogP contribution in [0, 0.1) is 16.6 Å². The topological polar surface area (TPSA) is 83.8 Å². The van der Waals surface area contributed by atoms with Crippen LogP contribution in [-0.2, 0) is 9.59 Å². The summed E-state index contributed by atoms with van der Waals surface area (Å²) in [4.78, 5) is 24.2. The van der Waals surface area contributed by atoms with E-state index < -0.39 is 28.6 Å². The van der Waals surface area contributed by atoms with Crippen molar-refractivity contribution in [3.63, 3.8) is 0 Å². The molecule has 0 bridgehead atoms. The monoisotopic (exact) mass is 410 g/mol. The molecule has 0 unspecified atom stereocenters. The van der Waals surface area contributed by atoms with E-state index in [9.17, 15) is 24.2 Å². The zero-order chi connectivity index (χ0) is 22.3. The highest BCUT2D eigenvalue weighted by Crippen LogP contribution is 2.53. The van der Waals surface area contributed by atoms with Crippen molar-refractivity contribution in [1.29, 1.82) is 0 Å². The number of carboxylic acids is 2. The van der Waals surface area contributed by atoms with Crippen LogP contribution in [0.3, 0.4) is 0 Å². The summed E-state index contributed by atoms with van der Waals surface area (Å²) in [6.45, 7) is 7.25. The van der Waals surface area contributed by atoms with Crippen molar-refractivity contribution in [1.82, 2.24) is 0 Å². The molecule has 156 valence electrons. The maximum absolute atomic E-state index is 13.3. The van der Waals surface area contributed by atoms with Crippen LogP contribution in [0.5, 0.6) is 11.5 Å². The Labute approximate surface area is 174 Å². The molecule has 1 aliphatic carbocycles. The average Bonchev–Trinajstić information content (AvgIpc) is 2.63. The Balaban J connectivity index is 2.10. The Hall–Kier alpha value is -3.41. The normalized spacial score (nSPS) is 17.3. The number of allylic oxidation sites excluding steroid dienone is 1. The van der Waals surface area contributed by atoms with Crippen molar-refractivity contribution in [2.45, 2.75) is 27.7 Å². The fourth-order valence-electron chi connectivity index (χ4n) is 3.58. The molecule has 1 aliphatic rings. The van der Waals surface area contributed by atoms with Gasteiger partial charge < -0.3 is 14.9 Å². The highest BCUT2D eigenvalue weighted by molar-refractivity contribution is 6.13. The first-order chi connectivity index (χ1) is 13.9. The average molecular weight is 410 g/mol. The van der Waals surface area contributed by atoms with Crippen molar-refractivity contribution in [3.8, 4) is 11.5 Å². The van der Waals surface area contributed by atoms with Gasteiger partial charge in [0.2, 0.25) is 0 Å². The molecule has 0 saturated heterocycles. The van der Waals surface area contributed by atoms with Gasteiger partial charge in [0.25, 0.3) is 0 Å². The fourth-order valence-corrected chi connectivity index (χ4v) is 3.58. The van der Waals surface area contributed by atoms with Gasteiger partial charge in [0, 0.05) is 17.1 Å². The van der Waals surface area contributed by atoms with Gasteiger partial charge in [0.1, 0.15) is 17.3 Å². The number of rotatable bonds is 5. The molecule has 6 heteroatoms. The van der Waals surface area contributed by atoms with Gasteiger partial charge in [-0.1, -0.05) is 52.0 Å². The van der Waals surface area contributed by atoms with Gasteiger partial charge >= 0.3 is 11.9 Å². The molecule has 0 radical (unpaired) electrons. The van der Waals surface area contributed by atoms with Crippen LogP contribution < -0.4 is 4.74 Å². The molecule has 2 N–H and O–H groups in total. The number of hydrogen-bond donors (Lipinski definition) is 2. The number of hydrogen-bond acceptors (Lipinski definition) is 3. The van der Waals surface area contributed by atoms with E-state index in [1.54, 1.807) is 50.3 Å². The van der Waals surface area contributed by atoms with Gasteiger partial charge in [-0.25, -0.2) is 14.0 Å². The zero-order valence-corrected chi connectivity index (χ0v) is 17.2. The second kappa shape index (κ2) is 7.44. The molecular weight excluding hydrogens is 387 g/mol. The van der Waals surface area contributed by atoms with E-state index in [0.717, 1.165) is 0 Å². The second-order valence-corrected chi connectivity index (χ2v) is 8.35. The van der Waals surface area contributed by atoms with E-state index in [2.05, 4.69) is 0 Å². The minimum atomic E-state index is -1.19. The van der Waals surface area contributed by atoms with Crippen molar-refractivity contribution >= 4 is 17.5 Å². The smallest absolute Gasteiger partial charge is 0.336 e. The summed E-state index contributed by atoms with van der Waals surface area (Å²) in [6, 6.07) is 12.1. The Morgan fingerprint density at radius 2 is 1.53 bits per heavy atom. The minimum Gasteiger partial charge on any atom is -0.478 e. The lowest BCUT2D eigenvalue weighted by Gasteiger charge is -2.44. The van der Waals surface area contributed by atoms with Gasteiger partial charge in [-0.2, -0.15) is 0 Å². The van der Waals surface area contributed by atoms with E-state index in [1.165, 1.54) is 18.2 Å². The van der Waals surface area contributed by atoms with Gasteiger partial charge in [-0.3, -0.25) is 0 Å². The maximum Gasteiger partial charge on any atom is 0.336 e. The standard InChI is InChI=1S/C24H23FO5/c1-23(2)13-18(21(26)27)19(20(22(28)29)24(23,3)4)14-8-10-16(11-9-14)30-17-7-5-6-15(25)12-17/h5-13H,1-4H3,(H,26,27)(H,28,29). The van der Waals surface area contributed by atoms with Crippen LogP contribution >= 0.6 is 0 Å². The van der Waals surface area contributed by atoms with Crippen molar-refractivity contribution < 1.29 is 28.9 Å². The lowest BCUT2D eigenvalue weighted by Crippen LogP contribution is -2.40. The van der Waals surface area contributed by atoms with E-state index in [-0.39, 0.29) is 16.7 Å². The molecule has 0 heterocycles. The van der Waals surface area contributed by atoms with Crippen LogP contribution in [0.4, 0.5) is 4.39 Å². The maximum atomic E-state index is 13.3. The summed E-state index contributed by atoms with van der Waals surface area (Å²) in [5.74, 6) is -2.04. The Morgan fingerprint density at radius 3 is 2.07 bits per heavy atom. The second-order valence-electron chi connectivity index (χ2n) is 8.35. The molecule has 0 fully saturated rings. The van der Waals surface area contributed by atoms with Crippen LogP contribution in [-0.4, -0.2) is 22.2 Å². The molecular formula is C24H23FO5. The van der Waals surface area contributed by atoms with Gasteiger partial charge in [0.15, 0.2) is 0 Å². The van der Waals surface area contributed by atoms with Crippen LogP contribution in [0.2, 0.25) is 0 Å². The predicted octanol–water partition coefficient (Wildman–Crippen LogP) is 5.53. The first-order valence-electron chi connectivity index (χ1n) is 9.42. The van der Waals surface area contributed by atoms with Gasteiger partial charge in [-0.05, 0) is 35.2 Å². The van der Waals surface area contributed by atoms with Crippen LogP contribution in [0.1, 0.15) is 33.3 Å². The van der Waals surface area contributed by atoms with Gasteiger partial charge in [0.05, 0.1) is 11.1 Å². The Bertz CT molecular complexity index is 1080. The fraction of sp³-hybridized carbons (Fsp3) is 0.250. The summed E-state index contributed by atoms with van der Waals surface area (Å²) in [5, 5.41) is 19.8. The SMILES string of the molecule is CC1(C)C=C(C(=O)O)C(c2ccc(Oc3cccc(F)c3)cc2)=C(C(=O)O)C1(C)C. The van der Waals surface area contributed by atoms with Crippen molar-refractivity contribution in [3.05, 3.63) is 77.1 Å². The summed E-state index contributed by atoms with van der Waals surface area (Å²) in [7, 11) is 0. The number of carbonyl (C=O) groups is 2. The quantitative estimate of drug-likeness (QED) is 0.677. The molecule has 0 spiro atoms. The third kappa shape index (κ3) is 3.73. The number of aliphatic carboxylic acids is 2. The van der Waals surface area contributed by atoms with Crippen molar-refractivity contribution in [2.24, 2.45) is 10.8 Å². The highest BCUT2D eigenvalue weighted by Gasteiger charge is 2.48. The molecule has 2 aromatic carbocycles. The summed E-state index contributed by atoms with van der Waals surface area (Å²) in [6.07, 6.45) is 1.62. The summed E-state index contributed by atoms with van der Waals surface area (Å²) in [5.41, 5.74) is -0.864. The molecule has 30 heavy (non-hydrogen) atoms. The van der Waals surface area contributed by atoms with Crippen LogP contribution in [0.25, 0.3) is 5.57 Å². The van der Waals surface area contributed by atoms with Crippen LogP contribution in [0.15, 0.2) is 65.8 Å². The molecule has 0 amide bonds. The highest BCUT2D eigenvalue weighted by atomic mass is 19.1. The molecule has 0 atom stereocenters. The van der Waals surface area contributed by atoms with E-state index in [4.69, 9.17) is 4.74 Å². The first-order valence-corrected chi connectivity index (χ1v) is 9.42. The van der Waals surface area contributed by atoms with E-state index in [1.807, 2.05) is 13.8 Å². The summed E-state index contributed by atoms with van der Waals surface area (Å²) < 4.78 is 19.0. The molecule has 0 aromatic heterocycles. The molecule has 5 nitrogen and oxygen atoms in total. The number of carboxylic acid groups (broad SMARTS) is 2. The third-order valence-electron chi connectivity index (χ3n) is 5.88. The van der Waals surface area contributed by atoms with E-state index >= 15 is 0 Å². The minimum absolute atomic E-state index is 0.0458. The molecule has 0 saturated carbocycles. The Kier molecular flexibility index (Phi) is 5.29. The third-order valence-corrected chi connectivity index (χ3v) is 5.88. The predicted molar refractivity (Wildman–Crippen MR) is 111 cm³/mol. The van der Waals surface area contributed by atoms with Gasteiger partial charge in [-0.15, -0.1) is 0 Å². The van der Waals surface area contributed by atoms with E-state index in [0.29, 0.717) is 17.1 Å². The molecule has 2 aromatic rings. The lowest BCUT2D eigenvalue weighted by atomic mass is 9.58. The Morgan fingerprint density at radius 1 is 0.900 bits per heavy atom. The largest absolute Gasteiger partial charge is 0.478 e. The lowest BCUT2D eigenvalue weighted by molar-refractivity contribution is -0.134. The van der Waals surface area contributed by atoms with Crippen molar-refractivity contribution in [2.75, 3.05) is 0 Å². The number of benzene rings is 2. The first kappa shape index (κ1) is 21.3. The molecule has 3 rings (SSSR count). The zero-order valence-electron chi connectivity index (χ0n) is 17.2.